The van der Waals surface area contributed by atoms with Crippen LogP contribution < -0.4 is 10.6 Å². The average Bonchev–Trinajstić information content (AvgIpc) is 3.46. The highest BCUT2D eigenvalue weighted by atomic mass is 16.3. The Hall–Kier alpha value is -4.85. The number of aryl methyl sites for hydroxylation is 3. The third kappa shape index (κ3) is 4.32. The van der Waals surface area contributed by atoms with Crippen LogP contribution in [0.15, 0.2) is 71.1 Å². The minimum atomic E-state index is -0.506. The Morgan fingerprint density at radius 3 is 2.39 bits per heavy atom. The van der Waals surface area contributed by atoms with Crippen LogP contribution in [-0.4, -0.2) is 27.1 Å². The van der Waals surface area contributed by atoms with Crippen molar-refractivity contribution in [1.82, 2.24) is 10.2 Å². The number of phenols is 1. The van der Waals surface area contributed by atoms with Crippen LogP contribution in [0.5, 0.6) is 5.75 Å². The van der Waals surface area contributed by atoms with Gasteiger partial charge in [-0.2, -0.15) is 5.10 Å². The molecule has 180 valence electrons. The maximum atomic E-state index is 13.2. The maximum Gasteiger partial charge on any atom is 0.293 e. The molecule has 0 unspecified atom stereocenters. The van der Waals surface area contributed by atoms with Crippen LogP contribution in [0.4, 0.5) is 11.4 Å². The molecule has 5 rings (SSSR count). The highest BCUT2D eigenvalue weighted by Gasteiger charge is 2.24. The number of nitrogens with zero attached hydrogens (tertiary/aromatic N) is 1. The molecule has 0 saturated heterocycles. The zero-order valence-electron chi connectivity index (χ0n) is 20.0. The molecule has 0 saturated carbocycles. The largest absolute Gasteiger partial charge is 0.507 e. The molecule has 0 radical (unpaired) electrons. The Balaban J connectivity index is 1.46. The number of nitrogens with one attached hydrogen (secondary N) is 3. The summed E-state index contributed by atoms with van der Waals surface area (Å²) in [6.45, 7) is 5.72. The van der Waals surface area contributed by atoms with Crippen molar-refractivity contribution in [2.75, 3.05) is 10.6 Å². The van der Waals surface area contributed by atoms with Gasteiger partial charge in [0.25, 0.3) is 11.8 Å². The van der Waals surface area contributed by atoms with Gasteiger partial charge in [0, 0.05) is 16.6 Å². The number of hydrogen-bond donors (Lipinski definition) is 4. The quantitative estimate of drug-likeness (QED) is 0.247. The molecule has 3 aromatic carbocycles. The number of carbonyl (C=O) groups excluding carboxylic acids is 2. The van der Waals surface area contributed by atoms with E-state index in [0.29, 0.717) is 27.9 Å². The Morgan fingerprint density at radius 1 is 0.889 bits per heavy atom. The summed E-state index contributed by atoms with van der Waals surface area (Å²) in [4.78, 5) is 26.3. The summed E-state index contributed by atoms with van der Waals surface area (Å²) in [7, 11) is 0. The van der Waals surface area contributed by atoms with Crippen LogP contribution in [0.3, 0.4) is 0 Å². The van der Waals surface area contributed by atoms with Crippen molar-refractivity contribution < 1.29 is 19.1 Å². The van der Waals surface area contributed by atoms with E-state index in [1.54, 1.807) is 48.5 Å². The summed E-state index contributed by atoms with van der Waals surface area (Å²) in [5.74, 6) is -0.927. The van der Waals surface area contributed by atoms with E-state index >= 15 is 0 Å². The van der Waals surface area contributed by atoms with Crippen LogP contribution in [0, 0.1) is 20.8 Å². The lowest BCUT2D eigenvalue weighted by atomic mass is 10.0. The molecule has 0 aliphatic rings. The number of aromatic hydroxyl groups is 1. The van der Waals surface area contributed by atoms with Crippen LogP contribution in [0.2, 0.25) is 0 Å². The van der Waals surface area contributed by atoms with E-state index in [1.807, 2.05) is 39.0 Å². The van der Waals surface area contributed by atoms with E-state index in [1.165, 1.54) is 0 Å². The predicted octanol–water partition coefficient (Wildman–Crippen LogP) is 5.96. The molecular weight excluding hydrogens is 456 g/mol. The first-order valence-electron chi connectivity index (χ1n) is 11.4. The summed E-state index contributed by atoms with van der Waals surface area (Å²) < 4.78 is 5.83. The topological polar surface area (TPSA) is 120 Å². The van der Waals surface area contributed by atoms with Gasteiger partial charge in [0.15, 0.2) is 0 Å². The van der Waals surface area contributed by atoms with Gasteiger partial charge in [-0.3, -0.25) is 14.7 Å². The van der Waals surface area contributed by atoms with Crippen LogP contribution in [0.25, 0.3) is 22.2 Å². The minimum absolute atomic E-state index is 0.0168. The van der Waals surface area contributed by atoms with E-state index < -0.39 is 11.8 Å². The number of rotatable bonds is 5. The fourth-order valence-electron chi connectivity index (χ4n) is 4.18. The Kier molecular flexibility index (Phi) is 5.77. The van der Waals surface area contributed by atoms with Gasteiger partial charge < -0.3 is 20.2 Å². The lowest BCUT2D eigenvalue weighted by molar-refractivity contribution is 0.0999. The first-order valence-corrected chi connectivity index (χ1v) is 11.4. The molecule has 0 atom stereocenters. The predicted molar refractivity (Wildman–Crippen MR) is 138 cm³/mol. The van der Waals surface area contributed by atoms with Crippen molar-refractivity contribution in [2.45, 2.75) is 20.8 Å². The molecule has 0 bridgehead atoms. The molecule has 36 heavy (non-hydrogen) atoms. The Bertz CT molecular complexity index is 1590. The lowest BCUT2D eigenvalue weighted by Gasteiger charge is -2.07. The van der Waals surface area contributed by atoms with E-state index in [4.69, 9.17) is 4.42 Å². The molecule has 0 aliphatic heterocycles. The number of anilines is 2. The first kappa shape index (κ1) is 22.9. The molecule has 0 spiro atoms. The Morgan fingerprint density at radius 2 is 1.64 bits per heavy atom. The zero-order chi connectivity index (χ0) is 25.4. The molecule has 2 amide bonds. The molecular formula is C28H24N4O4. The number of carbonyl (C=O) groups is 2. The number of benzene rings is 3. The maximum absolute atomic E-state index is 13.2. The van der Waals surface area contributed by atoms with Crippen molar-refractivity contribution in [3.63, 3.8) is 0 Å². The number of aromatic amines is 1. The number of fused-ring (bicyclic) bond motifs is 1. The summed E-state index contributed by atoms with van der Waals surface area (Å²) in [5.41, 5.74) is 5.30. The summed E-state index contributed by atoms with van der Waals surface area (Å²) in [5, 5.41) is 23.6. The van der Waals surface area contributed by atoms with E-state index in [9.17, 15) is 14.7 Å². The van der Waals surface area contributed by atoms with E-state index in [2.05, 4.69) is 20.8 Å². The summed E-state index contributed by atoms with van der Waals surface area (Å²) in [6.07, 6.45) is 0. The number of para-hydroxylation sites is 1. The van der Waals surface area contributed by atoms with Crippen molar-refractivity contribution >= 4 is 34.2 Å². The smallest absolute Gasteiger partial charge is 0.293 e. The van der Waals surface area contributed by atoms with E-state index in [0.717, 1.165) is 16.7 Å². The standard InChI is InChI=1S/C28H24N4O4/c1-15-8-10-18(11-9-15)29-28(35)26-25(19-6-4-5-7-23(19)36-26)30-27(34)21-14-20(31-32-21)24-17(3)12-16(2)13-22(24)33/h4-14,33H,1-3H3,(H,29,35)(H,30,34)(H,31,32). The van der Waals surface area contributed by atoms with Gasteiger partial charge in [-0.25, -0.2) is 0 Å². The molecule has 2 aromatic heterocycles. The van der Waals surface area contributed by atoms with E-state index in [-0.39, 0.29) is 22.9 Å². The minimum Gasteiger partial charge on any atom is -0.507 e. The van der Waals surface area contributed by atoms with Crippen molar-refractivity contribution in [1.29, 1.82) is 0 Å². The third-order valence-corrected chi connectivity index (χ3v) is 5.89. The number of amides is 2. The van der Waals surface area contributed by atoms with Gasteiger partial charge >= 0.3 is 0 Å². The number of aromatic nitrogens is 2. The van der Waals surface area contributed by atoms with Crippen molar-refractivity contribution in [2.24, 2.45) is 0 Å². The zero-order valence-corrected chi connectivity index (χ0v) is 20.0. The highest BCUT2D eigenvalue weighted by molar-refractivity contribution is 6.16. The molecule has 8 nitrogen and oxygen atoms in total. The summed E-state index contributed by atoms with van der Waals surface area (Å²) in [6, 6.07) is 19.6. The number of furan rings is 1. The molecule has 5 aromatic rings. The van der Waals surface area contributed by atoms with Crippen LogP contribution >= 0.6 is 0 Å². The van der Waals surface area contributed by atoms with Gasteiger partial charge in [-0.1, -0.05) is 35.9 Å². The monoisotopic (exact) mass is 480 g/mol. The normalized spacial score (nSPS) is 11.0. The van der Waals surface area contributed by atoms with Gasteiger partial charge in [0.05, 0.1) is 5.69 Å². The lowest BCUT2D eigenvalue weighted by Crippen LogP contribution is -2.17. The fraction of sp³-hybridized carbons (Fsp3) is 0.107. The summed E-state index contributed by atoms with van der Waals surface area (Å²) >= 11 is 0. The highest BCUT2D eigenvalue weighted by Crippen LogP contribution is 2.34. The van der Waals surface area contributed by atoms with Gasteiger partial charge in [0.1, 0.15) is 22.7 Å². The van der Waals surface area contributed by atoms with Crippen LogP contribution in [-0.2, 0) is 0 Å². The molecule has 0 fully saturated rings. The second-order valence-corrected chi connectivity index (χ2v) is 8.72. The average molecular weight is 481 g/mol. The second kappa shape index (κ2) is 9.07. The van der Waals surface area contributed by atoms with Crippen molar-refractivity contribution in [3.05, 3.63) is 94.9 Å². The molecule has 0 aliphatic carbocycles. The van der Waals surface area contributed by atoms with Crippen LogP contribution in [0.1, 0.15) is 37.7 Å². The third-order valence-electron chi connectivity index (χ3n) is 5.89. The SMILES string of the molecule is Cc1ccc(NC(=O)c2oc3ccccc3c2NC(=O)c2cc(-c3c(C)cc(C)cc3O)n[nH]2)cc1. The fourth-order valence-corrected chi connectivity index (χ4v) is 4.18. The molecule has 8 heteroatoms. The molecule has 4 N–H and O–H groups in total. The number of hydrogen-bond acceptors (Lipinski definition) is 5. The van der Waals surface area contributed by atoms with Crippen molar-refractivity contribution in [3.8, 4) is 17.0 Å². The first-order chi connectivity index (χ1) is 17.3. The number of H-pyrrole nitrogens is 1. The van der Waals surface area contributed by atoms with Gasteiger partial charge in [-0.15, -0.1) is 0 Å². The Labute approximate surface area is 207 Å². The number of phenolic OH excluding ortho intramolecular Hbond substituents is 1. The second-order valence-electron chi connectivity index (χ2n) is 8.72. The molecule has 2 heterocycles. The van der Waals surface area contributed by atoms with Gasteiger partial charge in [0.2, 0.25) is 5.76 Å². The van der Waals surface area contributed by atoms with Gasteiger partial charge in [-0.05, 0) is 68.3 Å².